The van der Waals surface area contributed by atoms with Gasteiger partial charge in [-0.05, 0) is 55.4 Å². The highest BCUT2D eigenvalue weighted by Crippen LogP contribution is 2.46. The number of carbonyl (C=O) groups excluding carboxylic acids is 4. The van der Waals surface area contributed by atoms with E-state index >= 15 is 0 Å². The van der Waals surface area contributed by atoms with E-state index in [2.05, 4.69) is 10.6 Å². The van der Waals surface area contributed by atoms with Gasteiger partial charge >= 0.3 is 12.1 Å². The van der Waals surface area contributed by atoms with E-state index in [1.165, 1.54) is 7.05 Å². The molecule has 2 aromatic rings. The van der Waals surface area contributed by atoms with E-state index in [1.807, 2.05) is 37.3 Å². The Bertz CT molecular complexity index is 1210. The van der Waals surface area contributed by atoms with Gasteiger partial charge in [-0.15, -0.1) is 0 Å². The molecule has 0 bridgehead atoms. The number of nitrogens with zero attached hydrogens (tertiary/aromatic N) is 2. The highest BCUT2D eigenvalue weighted by molar-refractivity contribution is 6.06. The summed E-state index contributed by atoms with van der Waals surface area (Å²) in [7, 11) is 1.52. The number of anilines is 1. The molecule has 1 saturated heterocycles. The number of rotatable bonds is 7. The number of hydrogen-bond donors (Lipinski definition) is 2. The molecule has 188 valence electrons. The zero-order chi connectivity index (χ0) is 25.4. The second-order valence-corrected chi connectivity index (χ2v) is 9.74. The van der Waals surface area contributed by atoms with Crippen LogP contribution in [-0.2, 0) is 26.3 Å². The maximum atomic E-state index is 13.6. The van der Waals surface area contributed by atoms with Crippen LogP contribution in [0.5, 0.6) is 0 Å². The fourth-order valence-electron chi connectivity index (χ4n) is 5.12. The number of nitrogens with one attached hydrogen (secondary N) is 2. The van der Waals surface area contributed by atoms with Crippen LogP contribution in [0.2, 0.25) is 0 Å². The van der Waals surface area contributed by atoms with E-state index in [-0.39, 0.29) is 24.5 Å². The van der Waals surface area contributed by atoms with Crippen LogP contribution in [-0.4, -0.2) is 53.9 Å². The smallest absolute Gasteiger partial charge is 0.418 e. The minimum atomic E-state index is -1.43. The first-order chi connectivity index (χ1) is 17.3. The number of fused-ring (bicyclic) bond motifs is 2. The lowest BCUT2D eigenvalue weighted by Crippen LogP contribution is -2.46. The normalized spacial score (nSPS) is 21.2. The average Bonchev–Trinajstić information content (AvgIpc) is 3.60. The predicted octanol–water partition coefficient (Wildman–Crippen LogP) is 3.56. The Morgan fingerprint density at radius 3 is 2.61 bits per heavy atom. The molecule has 0 aromatic heterocycles. The molecule has 2 N–H and O–H groups in total. The quantitative estimate of drug-likeness (QED) is 0.617. The maximum Gasteiger partial charge on any atom is 0.418 e. The molecular weight excluding hydrogens is 460 g/mol. The molecule has 9 nitrogen and oxygen atoms in total. The molecule has 0 radical (unpaired) electrons. The summed E-state index contributed by atoms with van der Waals surface area (Å²) in [6, 6.07) is 14.4. The minimum absolute atomic E-state index is 0.180. The Balaban J connectivity index is 1.35. The van der Waals surface area contributed by atoms with Crippen molar-refractivity contribution in [2.75, 3.05) is 25.5 Å². The Kier molecular flexibility index (Phi) is 6.15. The van der Waals surface area contributed by atoms with Gasteiger partial charge in [0.2, 0.25) is 11.5 Å². The Hall–Kier alpha value is -3.88. The number of hydrogen-bond acceptors (Lipinski definition) is 5. The van der Waals surface area contributed by atoms with Gasteiger partial charge < -0.3 is 20.3 Å². The fraction of sp³-hybridized carbons (Fsp3) is 0.407. The third kappa shape index (κ3) is 4.29. The van der Waals surface area contributed by atoms with Crippen molar-refractivity contribution in [3.63, 3.8) is 0 Å². The molecule has 1 saturated carbocycles. The number of amides is 5. The lowest BCUT2D eigenvalue weighted by Gasteiger charge is -2.31. The largest absolute Gasteiger partial charge is 0.427 e. The third-order valence-electron chi connectivity index (χ3n) is 7.36. The highest BCUT2D eigenvalue weighted by atomic mass is 16.6. The van der Waals surface area contributed by atoms with Crippen molar-refractivity contribution in [1.29, 1.82) is 0 Å². The monoisotopic (exact) mass is 490 g/mol. The average molecular weight is 491 g/mol. The zero-order valence-electron chi connectivity index (χ0n) is 20.5. The Morgan fingerprint density at radius 2 is 1.92 bits per heavy atom. The molecular formula is C27H30N4O5. The zero-order valence-corrected chi connectivity index (χ0v) is 20.5. The minimum Gasteiger partial charge on any atom is -0.427 e. The topological polar surface area (TPSA) is 108 Å². The summed E-state index contributed by atoms with van der Waals surface area (Å²) in [4.78, 5) is 54.3. The number of benzene rings is 2. The molecule has 2 fully saturated rings. The first-order valence-corrected chi connectivity index (χ1v) is 12.3. The number of carbonyl (C=O) groups is 4. The van der Waals surface area contributed by atoms with Gasteiger partial charge in [-0.2, -0.15) is 0 Å². The van der Waals surface area contributed by atoms with Crippen molar-refractivity contribution in [2.45, 2.75) is 44.2 Å². The summed E-state index contributed by atoms with van der Waals surface area (Å²) in [5, 5.41) is 5.20. The summed E-state index contributed by atoms with van der Waals surface area (Å²) in [5.41, 5.74) is 1.59. The van der Waals surface area contributed by atoms with E-state index in [4.69, 9.17) is 4.74 Å². The van der Waals surface area contributed by atoms with Crippen LogP contribution < -0.4 is 10.6 Å². The van der Waals surface area contributed by atoms with Crippen LogP contribution in [0.15, 0.2) is 48.5 Å². The van der Waals surface area contributed by atoms with Crippen LogP contribution in [0.4, 0.5) is 15.3 Å². The Labute approximate surface area is 209 Å². The van der Waals surface area contributed by atoms with Gasteiger partial charge in [0.1, 0.15) is 6.54 Å². The molecule has 5 rings (SSSR count). The van der Waals surface area contributed by atoms with E-state index in [0.29, 0.717) is 36.6 Å². The molecule has 1 aliphatic heterocycles. The van der Waals surface area contributed by atoms with Gasteiger partial charge in [0.15, 0.2) is 0 Å². The third-order valence-corrected chi connectivity index (χ3v) is 7.36. The van der Waals surface area contributed by atoms with Crippen LogP contribution in [0, 0.1) is 5.92 Å². The van der Waals surface area contributed by atoms with Crippen molar-refractivity contribution in [3.8, 4) is 0 Å². The van der Waals surface area contributed by atoms with Gasteiger partial charge in [-0.1, -0.05) is 36.4 Å². The first kappa shape index (κ1) is 23.8. The van der Waals surface area contributed by atoms with Gasteiger partial charge in [0.05, 0.1) is 6.04 Å². The molecule has 1 heterocycles. The van der Waals surface area contributed by atoms with Crippen molar-refractivity contribution in [1.82, 2.24) is 15.1 Å². The van der Waals surface area contributed by atoms with Gasteiger partial charge in [-0.25, -0.2) is 14.5 Å². The second kappa shape index (κ2) is 9.29. The molecule has 9 heteroatoms. The summed E-state index contributed by atoms with van der Waals surface area (Å²) in [6.45, 7) is 2.22. The van der Waals surface area contributed by atoms with E-state index in [1.54, 1.807) is 23.1 Å². The highest BCUT2D eigenvalue weighted by Gasteiger charge is 2.58. The standard InChI is InChI=1S/C27H30N4O5/c1-17(19-6-4-3-5-7-19)30(15-18-8-9-18)23(32)16-31-24(33)27(36-26(31)35)13-12-20-14-21(10-11-22(20)27)29-25(34)28-2/h3-7,10-11,14,17-18H,8-9,12-13,15-16H2,1-2H3,(H2,28,29,34)/t17?,27-/m1/s1. The van der Waals surface area contributed by atoms with Gasteiger partial charge in [-0.3, -0.25) is 9.59 Å². The van der Waals surface area contributed by atoms with Crippen LogP contribution >= 0.6 is 0 Å². The fourth-order valence-corrected chi connectivity index (χ4v) is 5.12. The van der Waals surface area contributed by atoms with Crippen molar-refractivity contribution < 1.29 is 23.9 Å². The maximum absolute atomic E-state index is 13.6. The van der Waals surface area contributed by atoms with E-state index < -0.39 is 17.6 Å². The van der Waals surface area contributed by atoms with E-state index in [9.17, 15) is 19.2 Å². The molecule has 2 aromatic carbocycles. The Morgan fingerprint density at radius 1 is 1.17 bits per heavy atom. The summed E-state index contributed by atoms with van der Waals surface area (Å²) < 4.78 is 5.69. The van der Waals surface area contributed by atoms with Gasteiger partial charge in [0.25, 0.3) is 5.91 Å². The number of ether oxygens (including phenoxy) is 1. The first-order valence-electron chi connectivity index (χ1n) is 12.3. The SMILES string of the molecule is CNC(=O)Nc1ccc2c(c1)CC[C@@]21OC(=O)N(CC(=O)N(CC2CC2)C(C)c2ccccc2)C1=O. The lowest BCUT2D eigenvalue weighted by molar-refractivity contribution is -0.142. The van der Waals surface area contributed by atoms with Crippen molar-refractivity contribution in [3.05, 3.63) is 65.2 Å². The van der Waals surface area contributed by atoms with Crippen LogP contribution in [0.25, 0.3) is 0 Å². The molecule has 36 heavy (non-hydrogen) atoms. The second-order valence-electron chi connectivity index (χ2n) is 9.74. The van der Waals surface area contributed by atoms with Crippen molar-refractivity contribution in [2.24, 2.45) is 5.92 Å². The molecule has 1 spiro atoms. The van der Waals surface area contributed by atoms with Gasteiger partial charge in [0, 0.05) is 31.3 Å². The van der Waals surface area contributed by atoms with E-state index in [0.717, 1.165) is 28.9 Å². The summed E-state index contributed by atoms with van der Waals surface area (Å²) in [6.07, 6.45) is 2.16. The summed E-state index contributed by atoms with van der Waals surface area (Å²) in [5.74, 6) is -0.332. The number of aryl methyl sites for hydroxylation is 1. The molecule has 5 amide bonds. The lowest BCUT2D eigenvalue weighted by atomic mass is 9.94. The molecule has 3 aliphatic rings. The van der Waals surface area contributed by atoms with Crippen molar-refractivity contribution >= 4 is 29.6 Å². The van der Waals surface area contributed by atoms with Crippen LogP contribution in [0.3, 0.4) is 0 Å². The molecule has 1 unspecified atom stereocenters. The molecule has 2 aliphatic carbocycles. The number of imide groups is 1. The summed E-state index contributed by atoms with van der Waals surface area (Å²) >= 11 is 0. The van der Waals surface area contributed by atoms with Crippen LogP contribution in [0.1, 0.15) is 48.9 Å². The predicted molar refractivity (Wildman–Crippen MR) is 132 cm³/mol. The number of urea groups is 1. The molecule has 2 atom stereocenters.